The van der Waals surface area contributed by atoms with Crippen molar-refractivity contribution in [1.29, 1.82) is 0 Å². The number of hydrogen-bond donors (Lipinski definition) is 0. The van der Waals surface area contributed by atoms with Crippen LogP contribution in [0.3, 0.4) is 0 Å². The van der Waals surface area contributed by atoms with Crippen LogP contribution in [0.25, 0.3) is 0 Å². The lowest BCUT2D eigenvalue weighted by Gasteiger charge is -2.32. The summed E-state index contributed by atoms with van der Waals surface area (Å²) >= 11 is 0. The summed E-state index contributed by atoms with van der Waals surface area (Å²) in [6, 6.07) is 5.08. The monoisotopic (exact) mass is 309 g/mol. The molecule has 3 unspecified atom stereocenters. The minimum absolute atomic E-state index is 0.378. The average molecular weight is 309 g/mol. The van der Waals surface area contributed by atoms with Gasteiger partial charge in [0.05, 0.1) is 0 Å². The zero-order valence-corrected chi connectivity index (χ0v) is 13.6. The molecule has 1 saturated heterocycles. The topological polar surface area (TPSA) is 21.7 Å². The van der Waals surface area contributed by atoms with Crippen LogP contribution in [0.4, 0.5) is 0 Å². The van der Waals surface area contributed by atoms with Crippen LogP contribution < -0.4 is 9.47 Å². The van der Waals surface area contributed by atoms with Gasteiger partial charge in [0, 0.05) is 24.1 Å². The Morgan fingerprint density at radius 3 is 3.09 bits per heavy atom. The average Bonchev–Trinajstić information content (AvgIpc) is 3.28. The fraction of sp³-hybridized carbons (Fsp3) is 0.500. The lowest BCUT2D eigenvalue weighted by Crippen LogP contribution is -2.31. The molecule has 1 fully saturated rings. The Morgan fingerprint density at radius 2 is 2.22 bits per heavy atom. The number of rotatable bonds is 2. The van der Waals surface area contributed by atoms with E-state index in [1.807, 2.05) is 0 Å². The first-order chi connectivity index (χ1) is 11.3. The molecule has 2 heterocycles. The molecule has 0 N–H and O–H groups in total. The van der Waals surface area contributed by atoms with Crippen LogP contribution >= 0.6 is 0 Å². The third-order valence-electron chi connectivity index (χ3n) is 6.16. The summed E-state index contributed by atoms with van der Waals surface area (Å²) in [4.78, 5) is 2.59. The highest BCUT2D eigenvalue weighted by atomic mass is 16.7. The van der Waals surface area contributed by atoms with Crippen molar-refractivity contribution in [3.05, 3.63) is 47.1 Å². The van der Waals surface area contributed by atoms with Crippen molar-refractivity contribution in [3.8, 4) is 11.5 Å². The summed E-state index contributed by atoms with van der Waals surface area (Å²) < 4.78 is 11.3. The molecule has 0 spiro atoms. The molecule has 2 aliphatic heterocycles. The van der Waals surface area contributed by atoms with Gasteiger partial charge in [-0.1, -0.05) is 29.9 Å². The lowest BCUT2D eigenvalue weighted by atomic mass is 9.73. The van der Waals surface area contributed by atoms with Crippen molar-refractivity contribution in [1.82, 2.24) is 4.90 Å². The first kappa shape index (κ1) is 13.7. The van der Waals surface area contributed by atoms with E-state index in [1.54, 1.807) is 0 Å². The molecule has 0 amide bonds. The molecule has 4 aliphatic rings. The summed E-state index contributed by atoms with van der Waals surface area (Å²) in [5.74, 6) is 3.37. The van der Waals surface area contributed by atoms with Gasteiger partial charge in [-0.05, 0) is 50.3 Å². The maximum Gasteiger partial charge on any atom is 0.231 e. The van der Waals surface area contributed by atoms with E-state index in [2.05, 4.69) is 42.3 Å². The second-order valence-corrected chi connectivity index (χ2v) is 7.30. The molecule has 3 nitrogen and oxygen atoms in total. The van der Waals surface area contributed by atoms with Gasteiger partial charge in [-0.3, -0.25) is 0 Å². The molecule has 5 rings (SSSR count). The molecule has 23 heavy (non-hydrogen) atoms. The standard InChI is InChI=1S/C20H23NO2/c1-21-11-17-14-8-9-19-20(23-12-22-19)16(14)7-6-15(17)18(21)10-13-4-2-3-5-13/h2,4-5,8-9,15,17-18H,3,6-7,10-12H2,1H3. The second kappa shape index (κ2) is 5.13. The van der Waals surface area contributed by atoms with Gasteiger partial charge in [0.2, 0.25) is 6.79 Å². The fourth-order valence-electron chi connectivity index (χ4n) is 5.07. The Hall–Kier alpha value is -1.74. The van der Waals surface area contributed by atoms with Crippen molar-refractivity contribution < 1.29 is 9.47 Å². The van der Waals surface area contributed by atoms with Gasteiger partial charge in [-0.25, -0.2) is 0 Å². The van der Waals surface area contributed by atoms with E-state index in [-0.39, 0.29) is 0 Å². The summed E-state index contributed by atoms with van der Waals surface area (Å²) in [6.45, 7) is 1.54. The summed E-state index contributed by atoms with van der Waals surface area (Å²) in [5, 5.41) is 0. The van der Waals surface area contributed by atoms with E-state index in [0.29, 0.717) is 18.8 Å². The Morgan fingerprint density at radius 1 is 1.26 bits per heavy atom. The third kappa shape index (κ3) is 2.06. The van der Waals surface area contributed by atoms with E-state index >= 15 is 0 Å². The van der Waals surface area contributed by atoms with E-state index in [0.717, 1.165) is 30.3 Å². The van der Waals surface area contributed by atoms with Crippen LogP contribution in [0.1, 0.15) is 36.3 Å². The SMILES string of the molecule is CN1CC2c3ccc4c(c3CCC2C1CC1=CCC=C1)OCO4. The summed E-state index contributed by atoms with van der Waals surface area (Å²) in [7, 11) is 2.30. The molecule has 3 atom stereocenters. The Balaban J connectivity index is 1.47. The first-order valence-corrected chi connectivity index (χ1v) is 8.78. The molecule has 0 saturated carbocycles. The smallest absolute Gasteiger partial charge is 0.231 e. The van der Waals surface area contributed by atoms with E-state index in [1.165, 1.54) is 36.1 Å². The van der Waals surface area contributed by atoms with Crippen molar-refractivity contribution in [2.75, 3.05) is 20.4 Å². The first-order valence-electron chi connectivity index (χ1n) is 8.78. The molecular formula is C20H23NO2. The van der Waals surface area contributed by atoms with E-state index in [4.69, 9.17) is 9.47 Å². The van der Waals surface area contributed by atoms with Gasteiger partial charge >= 0.3 is 0 Å². The zero-order valence-electron chi connectivity index (χ0n) is 13.6. The van der Waals surface area contributed by atoms with Gasteiger partial charge in [-0.2, -0.15) is 0 Å². The number of hydrogen-bond acceptors (Lipinski definition) is 3. The van der Waals surface area contributed by atoms with E-state index in [9.17, 15) is 0 Å². The molecule has 0 radical (unpaired) electrons. The molecular weight excluding hydrogens is 286 g/mol. The van der Waals surface area contributed by atoms with Crippen molar-refractivity contribution in [2.24, 2.45) is 5.92 Å². The van der Waals surface area contributed by atoms with E-state index < -0.39 is 0 Å². The summed E-state index contributed by atoms with van der Waals surface area (Å²) in [6.07, 6.45) is 11.7. The Kier molecular flexibility index (Phi) is 3.05. The highest BCUT2D eigenvalue weighted by molar-refractivity contribution is 5.54. The van der Waals surface area contributed by atoms with Crippen LogP contribution in [0, 0.1) is 5.92 Å². The van der Waals surface area contributed by atoms with Crippen LogP contribution in [0.15, 0.2) is 35.9 Å². The number of nitrogens with zero attached hydrogens (tertiary/aromatic N) is 1. The van der Waals surface area contributed by atoms with Crippen molar-refractivity contribution in [3.63, 3.8) is 0 Å². The number of likely N-dealkylation sites (N-methyl/N-ethyl adjacent to an activating group) is 1. The maximum atomic E-state index is 5.75. The summed E-state index contributed by atoms with van der Waals surface area (Å²) in [5.41, 5.74) is 4.45. The van der Waals surface area contributed by atoms with Gasteiger partial charge in [-0.15, -0.1) is 0 Å². The predicted octanol–water partition coefficient (Wildman–Crippen LogP) is 3.65. The van der Waals surface area contributed by atoms with Crippen LogP contribution in [-0.2, 0) is 6.42 Å². The van der Waals surface area contributed by atoms with Gasteiger partial charge < -0.3 is 14.4 Å². The van der Waals surface area contributed by atoms with Gasteiger partial charge in [0.15, 0.2) is 11.5 Å². The minimum Gasteiger partial charge on any atom is -0.454 e. The fourth-order valence-corrected chi connectivity index (χ4v) is 5.07. The zero-order chi connectivity index (χ0) is 15.4. The normalized spacial score (nSPS) is 31.2. The number of ether oxygens (including phenoxy) is 2. The van der Waals surface area contributed by atoms with Gasteiger partial charge in [0.25, 0.3) is 0 Å². The van der Waals surface area contributed by atoms with Crippen molar-refractivity contribution >= 4 is 0 Å². The lowest BCUT2D eigenvalue weighted by molar-refractivity contribution is 0.172. The second-order valence-electron chi connectivity index (χ2n) is 7.30. The Bertz CT molecular complexity index is 706. The molecule has 0 bridgehead atoms. The van der Waals surface area contributed by atoms with Crippen LogP contribution in [0.2, 0.25) is 0 Å². The molecule has 3 heteroatoms. The number of benzene rings is 1. The molecule has 120 valence electrons. The number of fused-ring (bicyclic) bond motifs is 5. The quantitative estimate of drug-likeness (QED) is 0.832. The Labute approximate surface area is 137 Å². The minimum atomic E-state index is 0.378. The highest BCUT2D eigenvalue weighted by Crippen LogP contribution is 2.50. The van der Waals surface area contributed by atoms with Crippen LogP contribution in [0.5, 0.6) is 11.5 Å². The molecule has 1 aromatic carbocycles. The highest BCUT2D eigenvalue weighted by Gasteiger charge is 2.44. The van der Waals surface area contributed by atoms with Crippen molar-refractivity contribution in [2.45, 2.75) is 37.6 Å². The van der Waals surface area contributed by atoms with Gasteiger partial charge in [0.1, 0.15) is 0 Å². The number of likely N-dealkylation sites (tertiary alicyclic amines) is 1. The molecule has 1 aromatic rings. The third-order valence-corrected chi connectivity index (χ3v) is 6.16. The maximum absolute atomic E-state index is 5.75. The molecule has 0 aromatic heterocycles. The molecule has 2 aliphatic carbocycles. The predicted molar refractivity (Wildman–Crippen MR) is 90.0 cm³/mol. The number of allylic oxidation sites excluding steroid dienone is 3. The van der Waals surface area contributed by atoms with Crippen LogP contribution in [-0.4, -0.2) is 31.3 Å². The largest absolute Gasteiger partial charge is 0.454 e.